The minimum absolute atomic E-state index is 0. The van der Waals surface area contributed by atoms with Crippen molar-refractivity contribution in [2.75, 3.05) is 0 Å². The van der Waals surface area contributed by atoms with Gasteiger partial charge >= 0.3 is 65.7 Å². The van der Waals surface area contributed by atoms with E-state index in [0.29, 0.717) is 0 Å². The predicted molar refractivity (Wildman–Crippen MR) is 28.4 cm³/mol. The maximum absolute atomic E-state index is 0. The van der Waals surface area contributed by atoms with Gasteiger partial charge in [-0.05, 0) is 0 Å². The van der Waals surface area contributed by atoms with E-state index in [1.165, 1.54) is 0 Å². The first kappa shape index (κ1) is 30.1. The number of hydrogen-bond donors (Lipinski definition) is 0. The van der Waals surface area contributed by atoms with E-state index in [1.807, 2.05) is 0 Å². The van der Waals surface area contributed by atoms with Gasteiger partial charge in [0.2, 0.25) is 0 Å². The Bertz CT molecular complexity index is 8.00. The molecule has 0 aliphatic rings. The van der Waals surface area contributed by atoms with Gasteiger partial charge in [0.1, 0.15) is 0 Å². The Morgan fingerprint density at radius 3 is 1.00 bits per heavy atom. The van der Waals surface area contributed by atoms with Gasteiger partial charge < -0.3 is 0 Å². The average Bonchev–Trinajstić information content (AvgIpc) is 0. The molecular formula is H8FeGeSbTe. The van der Waals surface area contributed by atoms with Gasteiger partial charge in [-0.25, -0.2) is 0 Å². The first-order valence-electron chi connectivity index (χ1n) is 0. The van der Waals surface area contributed by atoms with Crippen LogP contribution >= 0.6 is 0 Å². The van der Waals surface area contributed by atoms with Crippen LogP contribution in [0.15, 0.2) is 0 Å². The topological polar surface area (TPSA) is 0 Å². The van der Waals surface area contributed by atoms with Crippen LogP contribution in [0, 0.1) is 0 Å². The van der Waals surface area contributed by atoms with Crippen LogP contribution in [0.2, 0.25) is 0 Å². The molecule has 0 amide bonds. The van der Waals surface area contributed by atoms with E-state index in [2.05, 4.69) is 0 Å². The summed E-state index contributed by atoms with van der Waals surface area (Å²) in [5.41, 5.74) is 0. The van der Waals surface area contributed by atoms with Crippen LogP contribution in [0.1, 0.15) is 0 Å². The molecule has 0 unspecified atom stereocenters. The monoisotopic (exact) mass is 389 g/mol. The summed E-state index contributed by atoms with van der Waals surface area (Å²) < 4.78 is 0. The van der Waals surface area contributed by atoms with Crippen LogP contribution in [-0.4, -0.2) is 65.7 Å². The van der Waals surface area contributed by atoms with Crippen LogP contribution in [0.25, 0.3) is 0 Å². The molecule has 0 spiro atoms. The van der Waals surface area contributed by atoms with Crippen molar-refractivity contribution < 1.29 is 17.1 Å². The average molecular weight is 386 g/mol. The third kappa shape index (κ3) is 8.82. The van der Waals surface area contributed by atoms with E-state index in [-0.39, 0.29) is 82.8 Å². The van der Waals surface area contributed by atoms with Gasteiger partial charge in [-0.15, -0.1) is 0 Å². The molecular weight excluding hydrogens is 378 g/mol. The molecule has 0 fully saturated rings. The molecule has 0 aromatic carbocycles. The SMILES string of the molecule is [Fe].[GeH4].[SbH3].[TeH]. The second-order valence-electron chi connectivity index (χ2n) is 0. The van der Waals surface area contributed by atoms with Gasteiger partial charge in [-0.1, -0.05) is 0 Å². The molecule has 1 radical (unpaired) electrons. The molecule has 0 bridgehead atoms. The van der Waals surface area contributed by atoms with E-state index in [9.17, 15) is 0 Å². The summed E-state index contributed by atoms with van der Waals surface area (Å²) >= 11 is 0. The Morgan fingerprint density at radius 1 is 1.00 bits per heavy atom. The number of rotatable bonds is 0. The summed E-state index contributed by atoms with van der Waals surface area (Å²) in [7, 11) is 0. The fourth-order valence-electron chi connectivity index (χ4n) is 0. The first-order chi connectivity index (χ1) is 0. The zero-order valence-electron chi connectivity index (χ0n) is 1.51. The van der Waals surface area contributed by atoms with E-state index in [4.69, 9.17) is 0 Å². The number of hydrogen-bond acceptors (Lipinski definition) is 0. The van der Waals surface area contributed by atoms with Crippen molar-refractivity contribution in [1.82, 2.24) is 0 Å². The third-order valence-electron chi connectivity index (χ3n) is 0. The van der Waals surface area contributed by atoms with Crippen LogP contribution in [-0.2, 0) is 17.1 Å². The van der Waals surface area contributed by atoms with E-state index < -0.39 is 0 Å². The van der Waals surface area contributed by atoms with E-state index >= 15 is 0 Å². The van der Waals surface area contributed by atoms with Gasteiger partial charge in [0.25, 0.3) is 0 Å². The Balaban J connectivity index is 0. The molecule has 0 aliphatic carbocycles. The summed E-state index contributed by atoms with van der Waals surface area (Å²) in [5.74, 6) is 0. The van der Waals surface area contributed by atoms with Crippen molar-refractivity contribution in [3.63, 3.8) is 0 Å². The van der Waals surface area contributed by atoms with Gasteiger partial charge in [-0.2, -0.15) is 0 Å². The van der Waals surface area contributed by atoms with E-state index in [1.54, 1.807) is 0 Å². The molecule has 0 rings (SSSR count). The molecule has 0 N–H and O–H groups in total. The molecule has 0 saturated carbocycles. The summed E-state index contributed by atoms with van der Waals surface area (Å²) in [6.07, 6.45) is 0. The standard InChI is InChI=1S/Fe.GeH4.Sb.HTe.3H/h;1H4;;1H;;;. The molecule has 0 aromatic rings. The van der Waals surface area contributed by atoms with Crippen molar-refractivity contribution in [3.05, 3.63) is 0 Å². The molecule has 0 aliphatic heterocycles. The molecule has 4 heteroatoms. The Kier molecular flexibility index (Phi) is 130. The fraction of sp³-hybridized carbons (Fsp3) is 0. The van der Waals surface area contributed by atoms with Crippen LogP contribution in [0.3, 0.4) is 0 Å². The molecule has 0 atom stereocenters. The predicted octanol–water partition coefficient (Wildman–Crippen LogP) is -3.29. The molecule has 0 aromatic heterocycles. The van der Waals surface area contributed by atoms with Crippen molar-refractivity contribution >= 4 is 65.7 Å². The molecule has 0 heterocycles. The molecule has 31 valence electrons. The minimum atomic E-state index is 0. The van der Waals surface area contributed by atoms with Crippen molar-refractivity contribution in [3.8, 4) is 0 Å². The van der Waals surface area contributed by atoms with Gasteiger partial charge in [0.05, 0.1) is 0 Å². The second-order valence-corrected chi connectivity index (χ2v) is 0. The maximum atomic E-state index is 0. The van der Waals surface area contributed by atoms with Crippen LogP contribution < -0.4 is 0 Å². The Hall–Kier alpha value is 2.67. The van der Waals surface area contributed by atoms with Crippen molar-refractivity contribution in [2.45, 2.75) is 0 Å². The molecule has 0 saturated heterocycles. The van der Waals surface area contributed by atoms with Gasteiger partial charge in [0.15, 0.2) is 0 Å². The second kappa shape index (κ2) is 17.3. The summed E-state index contributed by atoms with van der Waals surface area (Å²) in [4.78, 5) is 0. The molecule has 0 nitrogen and oxygen atoms in total. The van der Waals surface area contributed by atoms with Gasteiger partial charge in [0, 0.05) is 17.1 Å². The third-order valence-corrected chi connectivity index (χ3v) is 0. The Morgan fingerprint density at radius 2 is 1.00 bits per heavy atom. The van der Waals surface area contributed by atoms with Gasteiger partial charge in [-0.3, -0.25) is 0 Å². The quantitative estimate of drug-likeness (QED) is 0.384. The zero-order valence-corrected chi connectivity index (χ0v) is 9.20. The zero-order chi connectivity index (χ0) is 0. The van der Waals surface area contributed by atoms with Crippen LogP contribution in [0.4, 0.5) is 0 Å². The Labute approximate surface area is 81.5 Å². The normalized spacial score (nSPS) is 0. The summed E-state index contributed by atoms with van der Waals surface area (Å²) in [5, 5.41) is 0. The first-order valence-corrected chi connectivity index (χ1v) is 0. The fourth-order valence-corrected chi connectivity index (χ4v) is 0. The summed E-state index contributed by atoms with van der Waals surface area (Å²) in [6, 6.07) is 0. The summed E-state index contributed by atoms with van der Waals surface area (Å²) in [6.45, 7) is 0. The van der Waals surface area contributed by atoms with E-state index in [0.717, 1.165) is 0 Å². The molecule has 4 heavy (non-hydrogen) atoms. The van der Waals surface area contributed by atoms with Crippen LogP contribution in [0.5, 0.6) is 0 Å². The van der Waals surface area contributed by atoms with Crippen molar-refractivity contribution in [2.24, 2.45) is 0 Å². The van der Waals surface area contributed by atoms with Crippen molar-refractivity contribution in [1.29, 1.82) is 0 Å².